The van der Waals surface area contributed by atoms with E-state index >= 15 is 0 Å². The van der Waals surface area contributed by atoms with Crippen LogP contribution in [0.25, 0.3) is 0 Å². The zero-order valence-electron chi connectivity index (χ0n) is 11.0. The first-order chi connectivity index (χ1) is 9.34. The molecule has 0 aliphatic carbocycles. The van der Waals surface area contributed by atoms with Crippen molar-refractivity contribution in [2.24, 2.45) is 0 Å². The summed E-state index contributed by atoms with van der Waals surface area (Å²) >= 11 is 1.97. The minimum atomic E-state index is 0.376. The van der Waals surface area contributed by atoms with Crippen LogP contribution in [-0.2, 0) is 0 Å². The highest BCUT2D eigenvalue weighted by molar-refractivity contribution is 7.99. The van der Waals surface area contributed by atoms with Gasteiger partial charge in [-0.3, -0.25) is 4.98 Å². The average molecular weight is 270 g/mol. The topological polar surface area (TPSA) is 24.9 Å². The lowest BCUT2D eigenvalue weighted by Gasteiger charge is -2.17. The van der Waals surface area contributed by atoms with E-state index in [0.717, 1.165) is 6.54 Å². The molecule has 2 unspecified atom stereocenters. The van der Waals surface area contributed by atoms with Crippen LogP contribution in [0.5, 0.6) is 0 Å². The molecule has 0 spiro atoms. The molecular formula is C16H18N2S. The molecule has 98 valence electrons. The predicted octanol–water partition coefficient (Wildman–Crippen LogP) is 3.62. The lowest BCUT2D eigenvalue weighted by atomic mass is 10.0. The summed E-state index contributed by atoms with van der Waals surface area (Å²) in [5, 5.41) is 3.64. The predicted molar refractivity (Wildman–Crippen MR) is 80.6 cm³/mol. The molecule has 1 aliphatic rings. The van der Waals surface area contributed by atoms with Crippen LogP contribution in [0.15, 0.2) is 53.7 Å². The Labute approximate surface area is 118 Å². The van der Waals surface area contributed by atoms with Crippen LogP contribution in [0.4, 0.5) is 0 Å². The van der Waals surface area contributed by atoms with E-state index in [1.54, 1.807) is 0 Å². The molecule has 1 N–H and O–H groups in total. The second-order valence-electron chi connectivity index (χ2n) is 4.96. The quantitative estimate of drug-likeness (QED) is 0.918. The third kappa shape index (κ3) is 2.82. The Bertz CT molecular complexity index is 541. The van der Waals surface area contributed by atoms with Gasteiger partial charge in [0.05, 0.1) is 0 Å². The summed E-state index contributed by atoms with van der Waals surface area (Å²) in [5.41, 5.74) is 2.80. The fourth-order valence-corrected chi connectivity index (χ4v) is 3.74. The molecule has 0 fully saturated rings. The van der Waals surface area contributed by atoms with Crippen molar-refractivity contribution in [2.45, 2.75) is 23.8 Å². The summed E-state index contributed by atoms with van der Waals surface area (Å²) < 4.78 is 0. The van der Waals surface area contributed by atoms with E-state index in [1.807, 2.05) is 24.2 Å². The standard InChI is InChI=1S/C16H18N2S/c1-12(13-6-8-17-9-7-13)18-10-14-11-19-16-5-3-2-4-15(14)16/h2-9,12,14,18H,10-11H2,1H3. The molecule has 0 amide bonds. The molecule has 0 bridgehead atoms. The molecule has 3 heteroatoms. The number of benzene rings is 1. The summed E-state index contributed by atoms with van der Waals surface area (Å²) in [6.07, 6.45) is 3.71. The average Bonchev–Trinajstić information content (AvgIpc) is 2.89. The Morgan fingerprint density at radius 1 is 1.26 bits per heavy atom. The van der Waals surface area contributed by atoms with Gasteiger partial charge in [0.1, 0.15) is 0 Å². The van der Waals surface area contributed by atoms with E-state index in [9.17, 15) is 0 Å². The molecule has 19 heavy (non-hydrogen) atoms. The summed E-state index contributed by atoms with van der Waals surface area (Å²) in [4.78, 5) is 5.51. The minimum Gasteiger partial charge on any atom is -0.310 e. The number of fused-ring (bicyclic) bond motifs is 1. The van der Waals surface area contributed by atoms with Gasteiger partial charge in [0.25, 0.3) is 0 Å². The second kappa shape index (κ2) is 5.76. The molecule has 1 aromatic heterocycles. The summed E-state index contributed by atoms with van der Waals surface area (Å²) in [6, 6.07) is 13.3. The fourth-order valence-electron chi connectivity index (χ4n) is 2.49. The van der Waals surface area contributed by atoms with Crippen LogP contribution in [-0.4, -0.2) is 17.3 Å². The lowest BCUT2D eigenvalue weighted by molar-refractivity contribution is 0.540. The first kappa shape index (κ1) is 12.7. The van der Waals surface area contributed by atoms with E-state index in [-0.39, 0.29) is 0 Å². The monoisotopic (exact) mass is 270 g/mol. The number of thioether (sulfide) groups is 1. The molecule has 1 aromatic carbocycles. The largest absolute Gasteiger partial charge is 0.310 e. The van der Waals surface area contributed by atoms with Gasteiger partial charge in [-0.15, -0.1) is 11.8 Å². The Morgan fingerprint density at radius 3 is 2.89 bits per heavy atom. The van der Waals surface area contributed by atoms with E-state index < -0.39 is 0 Å². The molecule has 0 saturated heterocycles. The number of hydrogen-bond donors (Lipinski definition) is 1. The van der Waals surface area contributed by atoms with E-state index in [1.165, 1.54) is 21.8 Å². The van der Waals surface area contributed by atoms with Gasteiger partial charge in [0, 0.05) is 41.5 Å². The molecule has 0 saturated carbocycles. The van der Waals surface area contributed by atoms with Gasteiger partial charge in [0.15, 0.2) is 0 Å². The Kier molecular flexibility index (Phi) is 3.85. The third-order valence-electron chi connectivity index (χ3n) is 3.68. The van der Waals surface area contributed by atoms with Crippen molar-refractivity contribution in [3.63, 3.8) is 0 Å². The van der Waals surface area contributed by atoms with Crippen LogP contribution in [0.2, 0.25) is 0 Å². The molecule has 2 nitrogen and oxygen atoms in total. The van der Waals surface area contributed by atoms with E-state index in [0.29, 0.717) is 12.0 Å². The first-order valence-corrected chi connectivity index (χ1v) is 7.68. The number of nitrogens with zero attached hydrogens (tertiary/aromatic N) is 1. The zero-order chi connectivity index (χ0) is 13.1. The Morgan fingerprint density at radius 2 is 2.05 bits per heavy atom. The minimum absolute atomic E-state index is 0.376. The molecule has 2 atom stereocenters. The van der Waals surface area contributed by atoms with Crippen molar-refractivity contribution < 1.29 is 0 Å². The van der Waals surface area contributed by atoms with Crippen molar-refractivity contribution in [2.75, 3.05) is 12.3 Å². The molecule has 2 aromatic rings. The number of rotatable bonds is 4. The van der Waals surface area contributed by atoms with E-state index in [4.69, 9.17) is 0 Å². The van der Waals surface area contributed by atoms with Gasteiger partial charge >= 0.3 is 0 Å². The van der Waals surface area contributed by atoms with Gasteiger partial charge in [-0.1, -0.05) is 18.2 Å². The maximum Gasteiger partial charge on any atom is 0.0293 e. The van der Waals surface area contributed by atoms with Crippen molar-refractivity contribution >= 4 is 11.8 Å². The highest BCUT2D eigenvalue weighted by atomic mass is 32.2. The Balaban J connectivity index is 1.62. The summed E-state index contributed by atoms with van der Waals surface area (Å²) in [7, 11) is 0. The van der Waals surface area contributed by atoms with Crippen LogP contribution < -0.4 is 5.32 Å². The van der Waals surface area contributed by atoms with E-state index in [2.05, 4.69) is 53.6 Å². The maximum absolute atomic E-state index is 4.06. The molecule has 2 heterocycles. The number of hydrogen-bond acceptors (Lipinski definition) is 3. The highest BCUT2D eigenvalue weighted by Crippen LogP contribution is 2.39. The van der Waals surface area contributed by atoms with Gasteiger partial charge in [-0.05, 0) is 36.2 Å². The molecule has 3 rings (SSSR count). The van der Waals surface area contributed by atoms with Crippen molar-refractivity contribution in [3.8, 4) is 0 Å². The smallest absolute Gasteiger partial charge is 0.0293 e. The second-order valence-corrected chi connectivity index (χ2v) is 6.02. The molecule has 1 aliphatic heterocycles. The van der Waals surface area contributed by atoms with Crippen LogP contribution in [0, 0.1) is 0 Å². The van der Waals surface area contributed by atoms with Gasteiger partial charge in [-0.25, -0.2) is 0 Å². The first-order valence-electron chi connectivity index (χ1n) is 6.69. The van der Waals surface area contributed by atoms with Gasteiger partial charge in [0.2, 0.25) is 0 Å². The van der Waals surface area contributed by atoms with Gasteiger partial charge < -0.3 is 5.32 Å². The van der Waals surface area contributed by atoms with Crippen LogP contribution >= 0.6 is 11.8 Å². The molecule has 0 radical (unpaired) electrons. The lowest BCUT2D eigenvalue weighted by Crippen LogP contribution is -2.24. The maximum atomic E-state index is 4.06. The molecular weight excluding hydrogens is 252 g/mol. The van der Waals surface area contributed by atoms with Gasteiger partial charge in [-0.2, -0.15) is 0 Å². The number of nitrogens with one attached hydrogen (secondary N) is 1. The SMILES string of the molecule is CC(NCC1CSc2ccccc21)c1ccncc1. The Hall–Kier alpha value is -1.32. The van der Waals surface area contributed by atoms with Crippen molar-refractivity contribution in [1.82, 2.24) is 10.3 Å². The normalized spacial score (nSPS) is 19.1. The number of aromatic nitrogens is 1. The number of pyridine rings is 1. The van der Waals surface area contributed by atoms with Crippen molar-refractivity contribution in [3.05, 3.63) is 59.9 Å². The van der Waals surface area contributed by atoms with Crippen molar-refractivity contribution in [1.29, 1.82) is 0 Å². The summed E-state index contributed by atoms with van der Waals surface area (Å²) in [6.45, 7) is 3.25. The zero-order valence-corrected chi connectivity index (χ0v) is 11.9. The highest BCUT2D eigenvalue weighted by Gasteiger charge is 2.22. The summed E-state index contributed by atoms with van der Waals surface area (Å²) in [5.74, 6) is 1.82. The van der Waals surface area contributed by atoms with Crippen LogP contribution in [0.1, 0.15) is 30.0 Å². The fraction of sp³-hybridized carbons (Fsp3) is 0.312. The van der Waals surface area contributed by atoms with Crippen LogP contribution in [0.3, 0.4) is 0 Å². The third-order valence-corrected chi connectivity index (χ3v) is 4.93.